The Kier molecular flexibility index (Phi) is 1.74. The Labute approximate surface area is 76.0 Å². The van der Waals surface area contributed by atoms with E-state index in [0.717, 1.165) is 10.8 Å². The van der Waals surface area contributed by atoms with Crippen LogP contribution >= 0.6 is 0 Å². The lowest BCUT2D eigenvalue weighted by Crippen LogP contribution is -2.10. The number of nitrogens with two attached hydrogens (primary N) is 1. The minimum Gasteiger partial charge on any atom is -0.366 e. The van der Waals surface area contributed by atoms with Crippen molar-refractivity contribution in [3.8, 4) is 0 Å². The van der Waals surface area contributed by atoms with Gasteiger partial charge in [-0.25, -0.2) is 0 Å². The summed E-state index contributed by atoms with van der Waals surface area (Å²) in [7, 11) is 0. The monoisotopic (exact) mass is 170 g/mol. The van der Waals surface area contributed by atoms with Gasteiger partial charge >= 0.3 is 0 Å². The molecule has 2 aromatic carbocycles. The van der Waals surface area contributed by atoms with Gasteiger partial charge in [0.1, 0.15) is 0 Å². The van der Waals surface area contributed by atoms with Crippen molar-refractivity contribution in [2.45, 2.75) is 0 Å². The lowest BCUT2D eigenvalue weighted by Gasteiger charge is -1.98. The van der Waals surface area contributed by atoms with Crippen molar-refractivity contribution < 1.29 is 4.79 Å². The molecule has 0 saturated heterocycles. The second-order valence-corrected chi connectivity index (χ2v) is 2.84. The quantitative estimate of drug-likeness (QED) is 0.696. The van der Waals surface area contributed by atoms with Crippen LogP contribution in [0.25, 0.3) is 10.8 Å². The number of amides is 1. The summed E-state index contributed by atoms with van der Waals surface area (Å²) in [5.74, 6) is -0.404. The zero-order valence-corrected chi connectivity index (χ0v) is 6.95. The van der Waals surface area contributed by atoms with E-state index in [-0.39, 0.29) is 0 Å². The Morgan fingerprint density at radius 2 is 2.15 bits per heavy atom. The summed E-state index contributed by atoms with van der Waals surface area (Å²) >= 11 is 0. The first-order valence-electron chi connectivity index (χ1n) is 3.97. The zero-order chi connectivity index (χ0) is 9.26. The Bertz CT molecular complexity index is 462. The number of benzene rings is 2. The van der Waals surface area contributed by atoms with Crippen LogP contribution in [0.3, 0.4) is 0 Å². The molecule has 0 atom stereocenters. The number of hydrogen-bond acceptors (Lipinski definition) is 1. The van der Waals surface area contributed by atoms with Gasteiger partial charge in [-0.1, -0.05) is 24.3 Å². The lowest BCUT2D eigenvalue weighted by molar-refractivity contribution is 0.100. The van der Waals surface area contributed by atoms with E-state index in [1.54, 1.807) is 12.1 Å². The molecule has 0 aliphatic carbocycles. The fourth-order valence-corrected chi connectivity index (χ4v) is 1.27. The van der Waals surface area contributed by atoms with E-state index in [9.17, 15) is 4.79 Å². The first kappa shape index (κ1) is 7.80. The first-order chi connectivity index (χ1) is 6.27. The van der Waals surface area contributed by atoms with Crippen LogP contribution < -0.4 is 5.73 Å². The van der Waals surface area contributed by atoms with Gasteiger partial charge < -0.3 is 5.73 Å². The predicted octanol–water partition coefficient (Wildman–Crippen LogP) is 1.74. The van der Waals surface area contributed by atoms with Gasteiger partial charge in [0.2, 0.25) is 5.91 Å². The molecule has 0 unspecified atom stereocenters. The van der Waals surface area contributed by atoms with E-state index in [1.165, 1.54) is 0 Å². The van der Waals surface area contributed by atoms with E-state index in [4.69, 9.17) is 5.73 Å². The van der Waals surface area contributed by atoms with Gasteiger partial charge in [0.25, 0.3) is 0 Å². The molecule has 0 spiro atoms. The Hall–Kier alpha value is -1.83. The summed E-state index contributed by atoms with van der Waals surface area (Å²) in [6, 6.07) is 14.1. The number of fused-ring (bicyclic) bond motifs is 1. The molecule has 13 heavy (non-hydrogen) atoms. The number of hydrogen-bond donors (Lipinski definition) is 1. The van der Waals surface area contributed by atoms with Crippen LogP contribution in [0.1, 0.15) is 10.4 Å². The zero-order valence-electron chi connectivity index (χ0n) is 6.95. The van der Waals surface area contributed by atoms with Gasteiger partial charge in [-0.3, -0.25) is 4.79 Å². The van der Waals surface area contributed by atoms with Crippen LogP contribution in [-0.2, 0) is 0 Å². The summed E-state index contributed by atoms with van der Waals surface area (Å²) in [6.07, 6.45) is 0. The van der Waals surface area contributed by atoms with Crippen molar-refractivity contribution in [1.29, 1.82) is 0 Å². The van der Waals surface area contributed by atoms with Gasteiger partial charge in [-0.15, -0.1) is 0 Å². The Morgan fingerprint density at radius 1 is 1.31 bits per heavy atom. The summed E-state index contributed by atoms with van der Waals surface area (Å²) in [5.41, 5.74) is 5.68. The minimum absolute atomic E-state index is 0.404. The molecule has 0 fully saturated rings. The molecule has 0 aliphatic rings. The molecule has 2 rings (SSSR count). The molecule has 1 radical (unpaired) electrons. The second-order valence-electron chi connectivity index (χ2n) is 2.84. The van der Waals surface area contributed by atoms with Gasteiger partial charge in [0.15, 0.2) is 0 Å². The number of rotatable bonds is 1. The van der Waals surface area contributed by atoms with Crippen molar-refractivity contribution >= 4 is 16.7 Å². The highest BCUT2D eigenvalue weighted by molar-refractivity contribution is 5.97. The maximum Gasteiger partial charge on any atom is 0.248 e. The van der Waals surface area contributed by atoms with Crippen LogP contribution in [0, 0.1) is 6.07 Å². The Morgan fingerprint density at radius 3 is 2.92 bits per heavy atom. The van der Waals surface area contributed by atoms with E-state index in [1.807, 2.05) is 24.3 Å². The van der Waals surface area contributed by atoms with Crippen LogP contribution in [0.4, 0.5) is 0 Å². The molecule has 2 nitrogen and oxygen atoms in total. The average molecular weight is 170 g/mol. The molecule has 2 aromatic rings. The molecular weight excluding hydrogens is 162 g/mol. The SMILES string of the molecule is NC(=O)c1ccc2ccc[c]c2c1. The van der Waals surface area contributed by atoms with E-state index in [2.05, 4.69) is 6.07 Å². The van der Waals surface area contributed by atoms with Gasteiger partial charge in [0, 0.05) is 5.56 Å². The molecular formula is C11H8NO. The number of primary amides is 1. The summed E-state index contributed by atoms with van der Waals surface area (Å²) in [6.45, 7) is 0. The van der Waals surface area contributed by atoms with Crippen LogP contribution in [0.15, 0.2) is 36.4 Å². The highest BCUT2D eigenvalue weighted by atomic mass is 16.1. The van der Waals surface area contributed by atoms with Crippen molar-refractivity contribution in [3.63, 3.8) is 0 Å². The van der Waals surface area contributed by atoms with Crippen molar-refractivity contribution in [1.82, 2.24) is 0 Å². The summed E-state index contributed by atoms with van der Waals surface area (Å²) in [5, 5.41) is 1.98. The molecule has 2 N–H and O–H groups in total. The molecule has 0 aromatic heterocycles. The van der Waals surface area contributed by atoms with Gasteiger partial charge in [0.05, 0.1) is 0 Å². The fraction of sp³-hybridized carbons (Fsp3) is 0. The normalized spacial score (nSPS) is 10.2. The smallest absolute Gasteiger partial charge is 0.248 e. The molecule has 63 valence electrons. The number of carbonyl (C=O) groups is 1. The minimum atomic E-state index is -0.404. The molecule has 2 heteroatoms. The topological polar surface area (TPSA) is 43.1 Å². The largest absolute Gasteiger partial charge is 0.366 e. The van der Waals surface area contributed by atoms with Crippen molar-refractivity contribution in [2.75, 3.05) is 0 Å². The van der Waals surface area contributed by atoms with E-state index in [0.29, 0.717) is 5.56 Å². The maximum atomic E-state index is 10.9. The van der Waals surface area contributed by atoms with E-state index < -0.39 is 5.91 Å². The molecule has 0 bridgehead atoms. The van der Waals surface area contributed by atoms with Gasteiger partial charge in [-0.2, -0.15) is 0 Å². The molecule has 0 heterocycles. The maximum absolute atomic E-state index is 10.9. The van der Waals surface area contributed by atoms with Crippen LogP contribution in [0.5, 0.6) is 0 Å². The predicted molar refractivity (Wildman–Crippen MR) is 51.3 cm³/mol. The van der Waals surface area contributed by atoms with Crippen molar-refractivity contribution in [3.05, 3.63) is 48.0 Å². The van der Waals surface area contributed by atoms with Crippen LogP contribution in [0.2, 0.25) is 0 Å². The fourth-order valence-electron chi connectivity index (χ4n) is 1.27. The molecule has 0 saturated carbocycles. The third-order valence-corrected chi connectivity index (χ3v) is 1.95. The van der Waals surface area contributed by atoms with Gasteiger partial charge in [-0.05, 0) is 29.0 Å². The summed E-state index contributed by atoms with van der Waals surface area (Å²) in [4.78, 5) is 10.9. The summed E-state index contributed by atoms with van der Waals surface area (Å²) < 4.78 is 0. The third kappa shape index (κ3) is 1.38. The lowest BCUT2D eigenvalue weighted by atomic mass is 10.1. The van der Waals surface area contributed by atoms with E-state index >= 15 is 0 Å². The molecule has 1 amide bonds. The molecule has 0 aliphatic heterocycles. The standard InChI is InChI=1S/C11H8NO/c12-11(13)10-6-5-8-3-1-2-4-9(8)7-10/h1-3,5-7H,(H2,12,13). The Balaban J connectivity index is 2.69. The highest BCUT2D eigenvalue weighted by Gasteiger charge is 2.00. The average Bonchev–Trinajstić information content (AvgIpc) is 2.17. The third-order valence-electron chi connectivity index (χ3n) is 1.95. The first-order valence-corrected chi connectivity index (χ1v) is 3.97. The highest BCUT2D eigenvalue weighted by Crippen LogP contribution is 2.14. The second kappa shape index (κ2) is 2.90. The number of carbonyl (C=O) groups excluding carboxylic acids is 1. The van der Waals surface area contributed by atoms with Crippen molar-refractivity contribution in [2.24, 2.45) is 5.73 Å². The van der Waals surface area contributed by atoms with Crippen LogP contribution in [-0.4, -0.2) is 5.91 Å².